The molecule has 0 aromatic carbocycles. The molecule has 0 bridgehead atoms. The Morgan fingerprint density at radius 1 is 1.06 bits per heavy atom. The number of aryl methyl sites for hydroxylation is 3. The summed E-state index contributed by atoms with van der Waals surface area (Å²) in [4.78, 5) is 1.26. The van der Waals surface area contributed by atoms with E-state index in [-0.39, 0.29) is 0 Å². The van der Waals surface area contributed by atoms with Crippen molar-refractivity contribution in [2.45, 2.75) is 40.2 Å². The van der Waals surface area contributed by atoms with E-state index in [0.717, 1.165) is 15.8 Å². The molecule has 2 heterocycles. The summed E-state index contributed by atoms with van der Waals surface area (Å²) in [5, 5.41) is 18.4. The van der Waals surface area contributed by atoms with Gasteiger partial charge < -0.3 is 5.11 Å². The molecule has 0 aliphatic carbocycles. The van der Waals surface area contributed by atoms with Crippen LogP contribution in [0, 0.1) is 20.8 Å². The van der Waals surface area contributed by atoms with Crippen molar-refractivity contribution < 1.29 is 5.11 Å². The quantitative estimate of drug-likeness (QED) is 0.828. The lowest BCUT2D eigenvalue weighted by atomic mass is 10.0. The van der Waals surface area contributed by atoms with Crippen LogP contribution in [0.15, 0.2) is 0 Å². The first-order valence-electron chi connectivity index (χ1n) is 5.28. The Labute approximate surface area is 99.1 Å². The van der Waals surface area contributed by atoms with Crippen molar-refractivity contribution >= 4 is 21.6 Å². The van der Waals surface area contributed by atoms with Gasteiger partial charge in [0.15, 0.2) is 0 Å². The summed E-state index contributed by atoms with van der Waals surface area (Å²) in [6.07, 6.45) is 0. The summed E-state index contributed by atoms with van der Waals surface area (Å²) >= 11 is 1.72. The molecule has 3 nitrogen and oxygen atoms in total. The van der Waals surface area contributed by atoms with Gasteiger partial charge in [0.05, 0.1) is 10.4 Å². The number of nitrogens with zero attached hydrogens (tertiary/aromatic N) is 2. The molecule has 0 aliphatic heterocycles. The smallest absolute Gasteiger partial charge is 0.107 e. The summed E-state index contributed by atoms with van der Waals surface area (Å²) < 4.78 is 1.14. The van der Waals surface area contributed by atoms with E-state index >= 15 is 0 Å². The lowest BCUT2D eigenvalue weighted by Gasteiger charge is -2.18. The van der Waals surface area contributed by atoms with E-state index in [1.165, 1.54) is 10.4 Å². The second kappa shape index (κ2) is 3.50. The minimum absolute atomic E-state index is 0.668. The van der Waals surface area contributed by atoms with E-state index in [9.17, 15) is 5.11 Å². The average Bonchev–Trinajstić information content (AvgIpc) is 2.44. The lowest BCUT2D eigenvalue weighted by Crippen LogP contribution is -2.19. The van der Waals surface area contributed by atoms with Crippen molar-refractivity contribution in [3.63, 3.8) is 0 Å². The second-order valence-electron chi connectivity index (χ2n) is 4.69. The highest BCUT2D eigenvalue weighted by molar-refractivity contribution is 7.19. The van der Waals surface area contributed by atoms with Crippen molar-refractivity contribution in [3.8, 4) is 0 Å². The van der Waals surface area contributed by atoms with E-state index in [0.29, 0.717) is 5.69 Å². The zero-order valence-electron chi connectivity index (χ0n) is 10.2. The first kappa shape index (κ1) is 11.5. The third-order valence-electron chi connectivity index (χ3n) is 2.88. The SMILES string of the molecule is Cc1sc2c(C)c(C(C)(C)O)nnc2c1C. The minimum Gasteiger partial charge on any atom is -0.384 e. The number of rotatable bonds is 1. The third kappa shape index (κ3) is 1.62. The molecular formula is C12H16N2OS. The first-order chi connectivity index (χ1) is 7.32. The van der Waals surface area contributed by atoms with E-state index < -0.39 is 5.60 Å². The van der Waals surface area contributed by atoms with Crippen molar-refractivity contribution in [2.24, 2.45) is 0 Å². The standard InChI is InChI=1S/C12H16N2OS/c1-6-8(3)16-10-7(2)11(12(4,5)15)14-13-9(6)10/h15H,1-5H3. The molecule has 0 spiro atoms. The highest BCUT2D eigenvalue weighted by Gasteiger charge is 2.23. The van der Waals surface area contributed by atoms with Crippen LogP contribution < -0.4 is 0 Å². The largest absolute Gasteiger partial charge is 0.384 e. The number of fused-ring (bicyclic) bond motifs is 1. The van der Waals surface area contributed by atoms with Gasteiger partial charge in [-0.3, -0.25) is 0 Å². The summed E-state index contributed by atoms with van der Waals surface area (Å²) in [6, 6.07) is 0. The van der Waals surface area contributed by atoms with E-state index in [1.807, 2.05) is 6.92 Å². The zero-order chi connectivity index (χ0) is 12.1. The number of thiophene rings is 1. The fraction of sp³-hybridized carbons (Fsp3) is 0.500. The van der Waals surface area contributed by atoms with E-state index in [2.05, 4.69) is 24.0 Å². The molecule has 0 atom stereocenters. The van der Waals surface area contributed by atoms with Gasteiger partial charge in [0.25, 0.3) is 0 Å². The molecule has 86 valence electrons. The van der Waals surface area contributed by atoms with Crippen LogP contribution in [0.2, 0.25) is 0 Å². The van der Waals surface area contributed by atoms with E-state index in [1.54, 1.807) is 25.2 Å². The summed E-state index contributed by atoms with van der Waals surface area (Å²) in [7, 11) is 0. The van der Waals surface area contributed by atoms with Crippen molar-refractivity contribution in [2.75, 3.05) is 0 Å². The second-order valence-corrected chi connectivity index (χ2v) is 5.92. The molecule has 1 N–H and O–H groups in total. The van der Waals surface area contributed by atoms with E-state index in [4.69, 9.17) is 0 Å². The highest BCUT2D eigenvalue weighted by atomic mass is 32.1. The number of aliphatic hydroxyl groups is 1. The van der Waals surface area contributed by atoms with Crippen LogP contribution in [-0.4, -0.2) is 15.3 Å². The Morgan fingerprint density at radius 2 is 1.69 bits per heavy atom. The molecule has 0 saturated carbocycles. The topological polar surface area (TPSA) is 46.0 Å². The third-order valence-corrected chi connectivity index (χ3v) is 4.19. The van der Waals surface area contributed by atoms with Crippen molar-refractivity contribution in [3.05, 3.63) is 21.7 Å². The Bertz CT molecular complexity index is 552. The fourth-order valence-corrected chi connectivity index (χ4v) is 2.95. The van der Waals surface area contributed by atoms with Gasteiger partial charge in [-0.15, -0.1) is 16.4 Å². The number of hydrogen-bond acceptors (Lipinski definition) is 4. The lowest BCUT2D eigenvalue weighted by molar-refractivity contribution is 0.0724. The van der Waals surface area contributed by atoms with Crippen molar-refractivity contribution in [1.82, 2.24) is 10.2 Å². The van der Waals surface area contributed by atoms with Crippen LogP contribution in [0.4, 0.5) is 0 Å². The monoisotopic (exact) mass is 236 g/mol. The van der Waals surface area contributed by atoms with Crippen LogP contribution >= 0.6 is 11.3 Å². The van der Waals surface area contributed by atoms with Gasteiger partial charge in [-0.2, -0.15) is 5.10 Å². The normalized spacial score (nSPS) is 12.4. The Hall–Kier alpha value is -1.00. The molecule has 0 fully saturated rings. The molecule has 4 heteroatoms. The summed E-state index contributed by atoms with van der Waals surface area (Å²) in [6.45, 7) is 9.63. The molecule has 2 aromatic heterocycles. The Balaban J connectivity index is 2.81. The maximum Gasteiger partial charge on any atom is 0.107 e. The molecule has 2 aromatic rings. The molecule has 0 amide bonds. The summed E-state index contributed by atoms with van der Waals surface area (Å²) in [5.41, 5.74) is 2.93. The maximum atomic E-state index is 10.0. The molecule has 16 heavy (non-hydrogen) atoms. The molecule has 0 unspecified atom stereocenters. The van der Waals surface area contributed by atoms with Gasteiger partial charge in [-0.1, -0.05) is 0 Å². The van der Waals surface area contributed by atoms with Gasteiger partial charge in [0.2, 0.25) is 0 Å². The number of aromatic nitrogens is 2. The van der Waals surface area contributed by atoms with Crippen LogP contribution in [-0.2, 0) is 5.60 Å². The number of hydrogen-bond donors (Lipinski definition) is 1. The van der Waals surface area contributed by atoms with Gasteiger partial charge >= 0.3 is 0 Å². The fourth-order valence-electron chi connectivity index (χ4n) is 1.85. The van der Waals surface area contributed by atoms with Crippen LogP contribution in [0.1, 0.15) is 35.5 Å². The van der Waals surface area contributed by atoms with Crippen LogP contribution in [0.25, 0.3) is 10.2 Å². The maximum absolute atomic E-state index is 10.0. The summed E-state index contributed by atoms with van der Waals surface area (Å²) in [5.74, 6) is 0. The highest BCUT2D eigenvalue weighted by Crippen LogP contribution is 2.33. The molecule has 0 radical (unpaired) electrons. The van der Waals surface area contributed by atoms with Gasteiger partial charge in [-0.05, 0) is 45.7 Å². The predicted octanol–water partition coefficient (Wildman–Crippen LogP) is 2.84. The van der Waals surface area contributed by atoms with Gasteiger partial charge in [-0.25, -0.2) is 0 Å². The van der Waals surface area contributed by atoms with Crippen LogP contribution in [0.5, 0.6) is 0 Å². The first-order valence-corrected chi connectivity index (χ1v) is 6.10. The molecule has 0 saturated heterocycles. The minimum atomic E-state index is -0.933. The van der Waals surface area contributed by atoms with Crippen molar-refractivity contribution in [1.29, 1.82) is 0 Å². The Kier molecular flexibility index (Phi) is 2.51. The molecule has 2 rings (SSSR count). The molecular weight excluding hydrogens is 220 g/mol. The van der Waals surface area contributed by atoms with Crippen LogP contribution in [0.3, 0.4) is 0 Å². The zero-order valence-corrected chi connectivity index (χ0v) is 11.1. The average molecular weight is 236 g/mol. The molecule has 0 aliphatic rings. The Morgan fingerprint density at radius 3 is 2.25 bits per heavy atom. The predicted molar refractivity (Wildman–Crippen MR) is 66.9 cm³/mol. The van der Waals surface area contributed by atoms with Gasteiger partial charge in [0.1, 0.15) is 11.1 Å². The van der Waals surface area contributed by atoms with Gasteiger partial charge in [0, 0.05) is 4.88 Å².